The van der Waals surface area contributed by atoms with Crippen LogP contribution in [0, 0.1) is 320 Å². The molecule has 0 amide bonds. The molecular weight excluding hydrogens is 1750 g/mol. The summed E-state index contributed by atoms with van der Waals surface area (Å²) in [5, 5.41) is 22.4. The van der Waals surface area contributed by atoms with E-state index in [1.807, 2.05) is 74.5 Å². The zero-order valence-electron chi connectivity index (χ0n) is 81.0. The molecule has 2 aromatic rings. The molecule has 18 heteroatoms. The summed E-state index contributed by atoms with van der Waals surface area (Å²) in [6.45, 7) is 19.4. The molecule has 6 heterocycles. The Morgan fingerprint density at radius 2 is 0.650 bits per heavy atom. The van der Waals surface area contributed by atoms with Crippen LogP contribution in [-0.2, 0) is 75.9 Å². The van der Waals surface area contributed by atoms with Gasteiger partial charge < -0.3 is 76.5 Å². The largest absolute Gasteiger partial charge is 0.447 e. The van der Waals surface area contributed by atoms with Crippen molar-refractivity contribution in [2.45, 2.75) is 320 Å². The number of carbonyl (C=O) groups excluding carboxylic acids is 2. The van der Waals surface area contributed by atoms with Gasteiger partial charge in [-0.05, 0) is 275 Å². The van der Waals surface area contributed by atoms with E-state index in [4.69, 9.17) is 66.3 Å². The molecule has 6 aliphatic rings. The third-order valence-electron chi connectivity index (χ3n) is 21.0. The van der Waals surface area contributed by atoms with Gasteiger partial charge in [-0.3, -0.25) is 0 Å². The van der Waals surface area contributed by atoms with Crippen LogP contribution in [0.25, 0.3) is 0 Å². The number of aliphatic hydroxyl groups excluding tert-OH is 2. The van der Waals surface area contributed by atoms with E-state index in [2.05, 4.69) is 336 Å². The number of hydrogen-bond acceptors (Lipinski definition) is 18. The SMILES string of the molecule is CC#CC#CC#CC#CC#CC#CC#CC#CC#CC#CC#CC#CC(=O)O[C@@H](COC1OC2COC(c3ccccc3)OC2C(C)C1C)[C@@H]1OC(C)(C)O[C@H]1CCCCCCC#CCCCCCC.CC#CC#CC#CC#CC#CC#CC#CC#CC#CC#CC#CC#CC(=O)O[C@@H](COC1OC2COC(c3ccccc3)OC2C(O)C1O)[C@@H]1OC(C)(C)O[C@@H]1CCCCCCC#CCCCCCC.[HH].[HH].[HH].[HH].[HH].[HH].[HH].[HH].[HH].[HH].[HH].[HH].[HH].[HH].[HH].[HH].[HH].[HH].[HH].[HH].[HH].[HH].[HH].[HH].[HH].[HH].[HH].[HH].[HH].[HH].[HH].[HH].[HH].[HH].[HH].[HH].[HH].[HH].[HH].[HH].[HH].[HH].[HH].[HH].[HH].[HH].[HH].[HH]. The van der Waals surface area contributed by atoms with Gasteiger partial charge in [-0.2, -0.15) is 0 Å². The van der Waals surface area contributed by atoms with E-state index in [9.17, 15) is 19.8 Å². The Morgan fingerprint density at radius 3 is 0.986 bits per heavy atom. The summed E-state index contributed by atoms with van der Waals surface area (Å²) in [6.07, 6.45) is 10.3. The number of rotatable bonds is 32. The first-order valence-electron chi connectivity index (χ1n) is 46.9. The maximum Gasteiger partial charge on any atom is 0.385 e. The normalized spacial score (nSPS) is 21.7. The van der Waals surface area contributed by atoms with E-state index in [1.165, 1.54) is 44.9 Å². The van der Waals surface area contributed by atoms with Crippen molar-refractivity contribution in [3.8, 4) is 308 Å². The Hall–Kier alpha value is -14.6. The first kappa shape index (κ1) is 112. The van der Waals surface area contributed by atoms with Gasteiger partial charge in [-0.15, -0.1) is 23.7 Å². The summed E-state index contributed by atoms with van der Waals surface area (Å²) < 4.78 is 86.9. The summed E-state index contributed by atoms with van der Waals surface area (Å²) in [5.74, 6) is 131. The summed E-state index contributed by atoms with van der Waals surface area (Å²) in [4.78, 5) is 26.4. The van der Waals surface area contributed by atoms with E-state index < -0.39 is 104 Å². The van der Waals surface area contributed by atoms with Gasteiger partial charge in [0.1, 0.15) is 42.7 Å². The van der Waals surface area contributed by atoms with Crippen LogP contribution in [0.1, 0.15) is 303 Å². The predicted molar refractivity (Wildman–Crippen MR) is 635 cm³/mol. The standard InChI is InChI=1S/C62H58O8.C60H54O10.48H2/c1-7-9-11-13-15-17-19-21-22-23-24-25-26-27-28-29-30-31-33-35-37-39-44-48-57(63)66-56(59-54(69-62(5,6)70-59)47-43-38-36-34-32-20-18-16-14-12-10-8-2)50-64-60-52(4)51(3)58-55(67-60)49-65-61(68-58)53-45-41-40-42-46-53;1-5-7-9-11-13-15-17-19-20-21-22-23-24-25-26-27-28-29-31-33-35-37-42-46-53(61)66-51(56-50(69-60(3,4)70-56)45-41-36-34-32-30-18-16-14-12-10-8-6-2)47-65-59-55(63)54(62)57-52(67-59)48-64-58(68-57)49-43-39-38-40-44-49;;;;;;;;;;;;;;;;;;;;;;;;;;;;;;;;;;;;;;;;;;;;;;;;/h40-42,45-46,51-52,54-56,58-61H,8,10,12,14,16,32,34,36,38,43,47,49-50H2,1-6H3;38-40,43-44,50-52,54-59,62-63H,6,8,10,12,14,30,32,34,36,41,45,47-48H2,1-4H3;48*1H/t51?,52?,54-,55?,56-,58?,59+,60?,61?;50-,51+,52?,54?,55?,56-,57?,58?,59?;;;;;;;;;;;;;;;;;;;;;;;;;;;;;;;;;;;;;;;;;;;;;;;;/m01................................................/s1. The van der Waals surface area contributed by atoms with Crippen molar-refractivity contribution in [1.29, 1.82) is 0 Å². The Bertz CT molecular complexity index is 6100. The molecule has 12 unspecified atom stereocenters. The fourth-order valence-electron chi connectivity index (χ4n) is 14.3. The van der Waals surface area contributed by atoms with Gasteiger partial charge in [-0.25, -0.2) is 9.59 Å². The maximum atomic E-state index is 13.3. The fraction of sp³-hybridized carbons (Fsp3) is 0.459. The average Bonchev–Trinajstić information content (AvgIpc) is 0.910. The molecule has 2 N–H and O–H groups in total. The Balaban J connectivity index is -0.0000000452. The van der Waals surface area contributed by atoms with Crippen molar-refractivity contribution in [3.05, 3.63) is 71.8 Å². The molecule has 6 saturated heterocycles. The van der Waals surface area contributed by atoms with Crippen molar-refractivity contribution in [3.63, 3.8) is 0 Å². The van der Waals surface area contributed by atoms with Crippen molar-refractivity contribution in [2.24, 2.45) is 11.8 Å². The highest BCUT2D eigenvalue weighted by molar-refractivity contribution is 5.89. The van der Waals surface area contributed by atoms with E-state index in [-0.39, 0.29) is 118 Å². The minimum atomic E-state index is -1.50. The zero-order valence-corrected chi connectivity index (χ0v) is 81.0. The average molecular weight is 1960 g/mol. The number of hydrogen-bond donors (Lipinski definition) is 2. The molecule has 140 heavy (non-hydrogen) atoms. The third kappa shape index (κ3) is 46.5. The second-order valence-electron chi connectivity index (χ2n) is 32.5. The van der Waals surface area contributed by atoms with Gasteiger partial charge in [0.05, 0.1) is 44.7 Å². The van der Waals surface area contributed by atoms with Crippen molar-refractivity contribution < 1.29 is 155 Å². The van der Waals surface area contributed by atoms with Gasteiger partial charge in [0.2, 0.25) is 0 Å². The molecule has 0 spiro atoms. The van der Waals surface area contributed by atoms with Crippen molar-refractivity contribution in [1.82, 2.24) is 0 Å². The highest BCUT2D eigenvalue weighted by Gasteiger charge is 2.53. The van der Waals surface area contributed by atoms with Crippen molar-refractivity contribution >= 4 is 11.9 Å². The highest BCUT2D eigenvalue weighted by Crippen LogP contribution is 2.42. The Morgan fingerprint density at radius 1 is 0.357 bits per heavy atom. The highest BCUT2D eigenvalue weighted by atomic mass is 16.8. The fourth-order valence-corrected chi connectivity index (χ4v) is 14.3. The van der Waals surface area contributed by atoms with Gasteiger partial charge in [-0.1, -0.05) is 177 Å². The van der Waals surface area contributed by atoms with Crippen LogP contribution in [0.2, 0.25) is 0 Å². The number of esters is 2. The molecule has 2 aromatic carbocycles. The van der Waals surface area contributed by atoms with Crippen LogP contribution in [0.5, 0.6) is 0 Å². The van der Waals surface area contributed by atoms with Crippen LogP contribution >= 0.6 is 0 Å². The minimum absolute atomic E-state index is 0. The monoisotopic (exact) mass is 1960 g/mol. The lowest BCUT2D eigenvalue weighted by atomic mass is 9.84. The molecule has 0 radical (unpaired) electrons. The molecule has 0 bridgehead atoms. The van der Waals surface area contributed by atoms with Crippen LogP contribution in [0.3, 0.4) is 0 Å². The zero-order chi connectivity index (χ0) is 99.8. The number of unbranched alkanes of at least 4 members (excludes halogenated alkanes) is 16. The molecule has 6 fully saturated rings. The molecule has 0 aliphatic carbocycles. The Kier molecular flexibility index (Phi) is 55.6. The van der Waals surface area contributed by atoms with Gasteiger partial charge in [0.25, 0.3) is 0 Å². The third-order valence-corrected chi connectivity index (χ3v) is 21.0. The predicted octanol–water partition coefficient (Wildman–Crippen LogP) is 25.1. The first-order valence-corrected chi connectivity index (χ1v) is 46.9. The minimum Gasteiger partial charge on any atom is -0.447 e. The van der Waals surface area contributed by atoms with E-state index in [1.54, 1.807) is 27.7 Å². The van der Waals surface area contributed by atoms with Gasteiger partial charge >= 0.3 is 11.9 Å². The first-order chi connectivity index (χ1) is 68.4. The molecule has 8 rings (SSSR count). The lowest BCUT2D eigenvalue weighted by Gasteiger charge is -2.48. The molecule has 18 atom stereocenters. The van der Waals surface area contributed by atoms with Crippen LogP contribution in [0.4, 0.5) is 0 Å². The number of aliphatic hydroxyl groups is 2. The van der Waals surface area contributed by atoms with Crippen molar-refractivity contribution in [2.75, 3.05) is 26.4 Å². The number of fused-ring (bicyclic) bond motifs is 2. The summed E-state index contributed by atoms with van der Waals surface area (Å²) in [6, 6.07) is 19.1. The summed E-state index contributed by atoms with van der Waals surface area (Å²) >= 11 is 0. The summed E-state index contributed by atoms with van der Waals surface area (Å²) in [5.41, 5.74) is 1.72. The molecule has 804 valence electrons. The quantitative estimate of drug-likeness (QED) is 0.0302. The van der Waals surface area contributed by atoms with Crippen LogP contribution in [-0.4, -0.2) is 146 Å². The van der Waals surface area contributed by atoms with E-state index in [0.717, 1.165) is 94.6 Å². The van der Waals surface area contributed by atoms with Gasteiger partial charge in [0.15, 0.2) is 48.9 Å². The molecule has 18 nitrogen and oxygen atoms in total. The summed E-state index contributed by atoms with van der Waals surface area (Å²) in [7, 11) is 0. The smallest absolute Gasteiger partial charge is 0.385 e. The molecule has 0 aromatic heterocycles. The molecule has 6 aliphatic heterocycles. The molecular formula is C122H208O18. The second-order valence-corrected chi connectivity index (χ2v) is 32.5. The van der Waals surface area contributed by atoms with E-state index >= 15 is 0 Å². The lowest BCUT2D eigenvalue weighted by molar-refractivity contribution is -0.363. The number of ether oxygens (including phenoxy) is 14. The van der Waals surface area contributed by atoms with E-state index in [0.29, 0.717) is 19.4 Å². The van der Waals surface area contributed by atoms with Crippen LogP contribution < -0.4 is 0 Å². The molecule has 0 saturated carbocycles. The van der Waals surface area contributed by atoms with Gasteiger partial charge in [0, 0.05) is 194 Å². The second kappa shape index (κ2) is 69.2. The number of benzene rings is 2. The topological polar surface area (TPSA) is 204 Å². The lowest BCUT2D eigenvalue weighted by Crippen LogP contribution is -2.62. The maximum absolute atomic E-state index is 13.3. The Labute approximate surface area is 902 Å². The van der Waals surface area contributed by atoms with Crippen LogP contribution in [0.15, 0.2) is 60.7 Å². The number of carbonyl (C=O) groups is 2.